The Morgan fingerprint density at radius 2 is 1.54 bits per heavy atom. The largest absolute Gasteiger partial charge is 0.475 e. The van der Waals surface area contributed by atoms with E-state index in [0.29, 0.717) is 0 Å². The standard InChI is InChI=1S/C22H25N4O8P/c23-20(29)21-24-14-26(25-21)22-19(28)18(27)17(34-22)13-33-35(30,31-11-15-7-3-1-4-8-15)32-12-16-9-5-2-6-10-16/h1-10,14,17-19,22,27-28H,11-13H2,(H2,23,29). The van der Waals surface area contributed by atoms with Gasteiger partial charge in [0.1, 0.15) is 24.6 Å². The Hall–Kier alpha value is -2.96. The Kier molecular flexibility index (Phi) is 8.04. The number of carbonyl (C=O) groups is 1. The van der Waals surface area contributed by atoms with Crippen LogP contribution in [0.25, 0.3) is 0 Å². The van der Waals surface area contributed by atoms with E-state index in [1.165, 1.54) is 0 Å². The van der Waals surface area contributed by atoms with Crippen molar-refractivity contribution in [1.29, 1.82) is 0 Å². The van der Waals surface area contributed by atoms with Crippen LogP contribution in [-0.4, -0.2) is 55.8 Å². The number of primary amides is 1. The number of hydrogen-bond acceptors (Lipinski definition) is 10. The van der Waals surface area contributed by atoms with E-state index in [4.69, 9.17) is 24.0 Å². The summed E-state index contributed by atoms with van der Waals surface area (Å²) < 4.78 is 36.7. The highest BCUT2D eigenvalue weighted by molar-refractivity contribution is 7.48. The van der Waals surface area contributed by atoms with Crippen LogP contribution in [0.4, 0.5) is 0 Å². The maximum atomic E-state index is 13.4. The van der Waals surface area contributed by atoms with Crippen molar-refractivity contribution in [3.63, 3.8) is 0 Å². The van der Waals surface area contributed by atoms with Crippen LogP contribution in [0.1, 0.15) is 28.0 Å². The summed E-state index contributed by atoms with van der Waals surface area (Å²) in [6.07, 6.45) is -3.99. The van der Waals surface area contributed by atoms with Gasteiger partial charge in [0.2, 0.25) is 5.82 Å². The highest BCUT2D eigenvalue weighted by atomic mass is 31.2. The summed E-state index contributed by atoms with van der Waals surface area (Å²) in [6, 6.07) is 18.1. The van der Waals surface area contributed by atoms with E-state index in [1.807, 2.05) is 36.4 Å². The van der Waals surface area contributed by atoms with Crippen molar-refractivity contribution in [2.75, 3.05) is 6.61 Å². The van der Waals surface area contributed by atoms with Gasteiger partial charge in [-0.15, -0.1) is 5.10 Å². The molecule has 35 heavy (non-hydrogen) atoms. The molecular weight excluding hydrogens is 479 g/mol. The van der Waals surface area contributed by atoms with E-state index < -0.39 is 44.9 Å². The van der Waals surface area contributed by atoms with Crippen molar-refractivity contribution < 1.29 is 37.9 Å². The van der Waals surface area contributed by atoms with E-state index in [0.717, 1.165) is 22.1 Å². The zero-order valence-corrected chi connectivity index (χ0v) is 19.4. The third-order valence-electron chi connectivity index (χ3n) is 5.19. The van der Waals surface area contributed by atoms with Crippen molar-refractivity contribution in [2.24, 2.45) is 5.73 Å². The lowest BCUT2D eigenvalue weighted by atomic mass is 10.1. The molecule has 2 aromatic carbocycles. The number of rotatable bonds is 11. The number of aliphatic hydroxyl groups excluding tert-OH is 2. The maximum Gasteiger partial charge on any atom is 0.475 e. The summed E-state index contributed by atoms with van der Waals surface area (Å²) in [5.41, 5.74) is 6.65. The maximum absolute atomic E-state index is 13.4. The molecule has 12 nitrogen and oxygen atoms in total. The second kappa shape index (κ2) is 11.2. The average Bonchev–Trinajstić information content (AvgIpc) is 3.47. The van der Waals surface area contributed by atoms with Crippen LogP contribution in [-0.2, 0) is 36.1 Å². The molecule has 1 aromatic heterocycles. The number of hydrogen-bond donors (Lipinski definition) is 3. The zero-order valence-electron chi connectivity index (χ0n) is 18.5. The predicted octanol–water partition coefficient (Wildman–Crippen LogP) is 1.55. The first-order chi connectivity index (χ1) is 16.8. The number of ether oxygens (including phenoxy) is 1. The predicted molar refractivity (Wildman–Crippen MR) is 120 cm³/mol. The van der Waals surface area contributed by atoms with Gasteiger partial charge in [0.15, 0.2) is 6.23 Å². The Morgan fingerprint density at radius 3 is 2.06 bits per heavy atom. The van der Waals surface area contributed by atoms with Gasteiger partial charge < -0.3 is 20.7 Å². The van der Waals surface area contributed by atoms with E-state index >= 15 is 0 Å². The molecule has 0 saturated carbocycles. The van der Waals surface area contributed by atoms with E-state index in [1.54, 1.807) is 24.3 Å². The molecule has 186 valence electrons. The molecule has 1 aliphatic heterocycles. The molecular formula is C22H25N4O8P. The van der Waals surface area contributed by atoms with E-state index in [-0.39, 0.29) is 19.0 Å². The van der Waals surface area contributed by atoms with Gasteiger partial charge in [-0.1, -0.05) is 60.7 Å². The lowest BCUT2D eigenvalue weighted by Crippen LogP contribution is -2.33. The molecule has 0 radical (unpaired) electrons. The zero-order chi connectivity index (χ0) is 24.8. The second-order valence-electron chi connectivity index (χ2n) is 7.72. The molecule has 2 heterocycles. The monoisotopic (exact) mass is 504 g/mol. The van der Waals surface area contributed by atoms with Gasteiger partial charge in [-0.2, -0.15) is 0 Å². The molecule has 4 unspecified atom stereocenters. The number of nitrogens with two attached hydrogens (primary N) is 1. The molecule has 13 heteroatoms. The van der Waals surface area contributed by atoms with Crippen LogP contribution >= 0.6 is 7.82 Å². The second-order valence-corrected chi connectivity index (χ2v) is 9.39. The van der Waals surface area contributed by atoms with Gasteiger partial charge in [0.05, 0.1) is 19.8 Å². The number of carbonyl (C=O) groups excluding carboxylic acids is 1. The summed E-state index contributed by atoms with van der Waals surface area (Å²) in [6.45, 7) is -0.505. The van der Waals surface area contributed by atoms with Crippen molar-refractivity contribution >= 4 is 13.7 Å². The number of phosphoric ester groups is 1. The van der Waals surface area contributed by atoms with Crippen LogP contribution < -0.4 is 5.73 Å². The first-order valence-corrected chi connectivity index (χ1v) is 12.1. The smallest absolute Gasteiger partial charge is 0.387 e. The minimum atomic E-state index is -4.12. The Morgan fingerprint density at radius 1 is 0.971 bits per heavy atom. The normalized spacial score (nSPS) is 22.3. The number of benzene rings is 2. The molecule has 3 aromatic rings. The summed E-state index contributed by atoms with van der Waals surface area (Å²) in [5.74, 6) is -1.13. The number of aliphatic hydroxyl groups is 2. The van der Waals surface area contributed by atoms with E-state index in [9.17, 15) is 19.6 Å². The molecule has 1 amide bonds. The van der Waals surface area contributed by atoms with Gasteiger partial charge >= 0.3 is 7.82 Å². The van der Waals surface area contributed by atoms with Crippen molar-refractivity contribution in [2.45, 2.75) is 37.8 Å². The van der Waals surface area contributed by atoms with Crippen molar-refractivity contribution in [3.8, 4) is 0 Å². The van der Waals surface area contributed by atoms with Crippen LogP contribution in [0.2, 0.25) is 0 Å². The fourth-order valence-corrected chi connectivity index (χ4v) is 4.50. The van der Waals surface area contributed by atoms with Crippen molar-refractivity contribution in [1.82, 2.24) is 14.8 Å². The minimum absolute atomic E-state index is 0.0406. The molecule has 0 aliphatic carbocycles. The summed E-state index contributed by atoms with van der Waals surface area (Å²) in [7, 11) is -4.12. The highest BCUT2D eigenvalue weighted by Gasteiger charge is 2.45. The first kappa shape index (κ1) is 25.1. The van der Waals surface area contributed by atoms with Crippen LogP contribution in [0, 0.1) is 0 Å². The van der Waals surface area contributed by atoms with Gasteiger partial charge in [-0.25, -0.2) is 14.2 Å². The number of amides is 1. The third kappa shape index (κ3) is 6.38. The Bertz CT molecular complexity index is 1120. The van der Waals surface area contributed by atoms with Crippen LogP contribution in [0.3, 0.4) is 0 Å². The molecule has 1 aliphatic rings. The number of aromatic nitrogens is 3. The summed E-state index contributed by atoms with van der Waals surface area (Å²) in [5, 5.41) is 24.7. The molecule has 4 N–H and O–H groups in total. The highest BCUT2D eigenvalue weighted by Crippen LogP contribution is 2.51. The topological polar surface area (TPSA) is 168 Å². The van der Waals surface area contributed by atoms with Gasteiger partial charge in [0.25, 0.3) is 5.91 Å². The Balaban J connectivity index is 1.42. The van der Waals surface area contributed by atoms with Crippen LogP contribution in [0.5, 0.6) is 0 Å². The average molecular weight is 504 g/mol. The lowest BCUT2D eigenvalue weighted by Gasteiger charge is -2.21. The summed E-state index contributed by atoms with van der Waals surface area (Å²) >= 11 is 0. The molecule has 0 spiro atoms. The molecule has 1 saturated heterocycles. The summed E-state index contributed by atoms with van der Waals surface area (Å²) in [4.78, 5) is 15.0. The number of phosphoric acid groups is 1. The Labute approximate surface area is 200 Å². The lowest BCUT2D eigenvalue weighted by molar-refractivity contribution is -0.0604. The molecule has 4 atom stereocenters. The molecule has 1 fully saturated rings. The first-order valence-electron chi connectivity index (χ1n) is 10.7. The SMILES string of the molecule is NC(=O)c1ncn(C2OC(COP(=O)(OCc3ccccc3)OCc3ccccc3)C(O)C2O)n1. The minimum Gasteiger partial charge on any atom is -0.387 e. The number of nitrogens with zero attached hydrogens (tertiary/aromatic N) is 3. The van der Waals surface area contributed by atoms with Gasteiger partial charge in [-0.05, 0) is 11.1 Å². The molecule has 4 rings (SSSR count). The quantitative estimate of drug-likeness (QED) is 0.326. The fourth-order valence-electron chi connectivity index (χ4n) is 3.33. The van der Waals surface area contributed by atoms with Gasteiger partial charge in [0, 0.05) is 0 Å². The third-order valence-corrected chi connectivity index (χ3v) is 6.54. The van der Waals surface area contributed by atoms with Crippen LogP contribution in [0.15, 0.2) is 67.0 Å². The van der Waals surface area contributed by atoms with E-state index in [2.05, 4.69) is 10.1 Å². The van der Waals surface area contributed by atoms with Crippen molar-refractivity contribution in [3.05, 3.63) is 83.9 Å². The fraction of sp³-hybridized carbons (Fsp3) is 0.318. The van der Waals surface area contributed by atoms with Gasteiger partial charge in [-0.3, -0.25) is 18.4 Å². The molecule has 0 bridgehead atoms.